The molecule has 0 unspecified atom stereocenters. The molecule has 1 saturated heterocycles. The van der Waals surface area contributed by atoms with Crippen LogP contribution in [0.15, 0.2) is 35.1 Å². The number of nitrogens with zero attached hydrogens (tertiary/aromatic N) is 3. The summed E-state index contributed by atoms with van der Waals surface area (Å²) in [5.74, 6) is 0.167. The number of rotatable bonds is 4. The van der Waals surface area contributed by atoms with E-state index in [-0.39, 0.29) is 11.5 Å². The Morgan fingerprint density at radius 2 is 2.00 bits per heavy atom. The van der Waals surface area contributed by atoms with Gasteiger partial charge in [0.15, 0.2) is 0 Å². The molecule has 7 heteroatoms. The summed E-state index contributed by atoms with van der Waals surface area (Å²) in [6.45, 7) is 5.88. The Kier molecular flexibility index (Phi) is 6.43. The summed E-state index contributed by atoms with van der Waals surface area (Å²) in [4.78, 5) is 30.3. The van der Waals surface area contributed by atoms with Gasteiger partial charge in [-0.2, -0.15) is 0 Å². The maximum absolute atomic E-state index is 13.4. The minimum atomic E-state index is -0.502. The standard InChI is InChI=1S/C24H31N3O4/c1-17-6-3-4-7-18(17)15-25-11-9-20-23(24(30)26-10-5-8-19(28)16-26)21(31-2)14-22(29)27(20)13-12-25/h3-4,6-7,14,19,28H,5,8-13,15-16H2,1-2H3/t19-/m0/s1. The first-order chi connectivity index (χ1) is 15.0. The molecule has 1 atom stereocenters. The van der Waals surface area contributed by atoms with E-state index in [2.05, 4.69) is 24.0 Å². The summed E-state index contributed by atoms with van der Waals surface area (Å²) in [5, 5.41) is 10.0. The summed E-state index contributed by atoms with van der Waals surface area (Å²) < 4.78 is 7.20. The van der Waals surface area contributed by atoms with Gasteiger partial charge in [0.25, 0.3) is 11.5 Å². The van der Waals surface area contributed by atoms with Crippen LogP contribution >= 0.6 is 0 Å². The zero-order valence-electron chi connectivity index (χ0n) is 18.3. The Morgan fingerprint density at radius 1 is 1.19 bits per heavy atom. The number of aliphatic hydroxyl groups excluding tert-OH is 1. The number of benzene rings is 1. The highest BCUT2D eigenvalue weighted by molar-refractivity contribution is 5.98. The van der Waals surface area contributed by atoms with Crippen LogP contribution in [0, 0.1) is 6.92 Å². The summed E-state index contributed by atoms with van der Waals surface area (Å²) in [6, 6.07) is 9.76. The predicted molar refractivity (Wildman–Crippen MR) is 119 cm³/mol. The maximum atomic E-state index is 13.4. The van der Waals surface area contributed by atoms with E-state index in [0.717, 1.165) is 31.7 Å². The van der Waals surface area contributed by atoms with E-state index in [0.29, 0.717) is 43.8 Å². The molecule has 2 aliphatic rings. The van der Waals surface area contributed by atoms with Crippen molar-refractivity contribution in [2.24, 2.45) is 0 Å². The molecule has 2 aromatic rings. The molecule has 0 spiro atoms. The number of aliphatic hydroxyl groups is 1. The number of likely N-dealkylation sites (tertiary alicyclic amines) is 1. The van der Waals surface area contributed by atoms with Crippen molar-refractivity contribution in [1.82, 2.24) is 14.4 Å². The zero-order chi connectivity index (χ0) is 22.0. The molecule has 0 bridgehead atoms. The minimum absolute atomic E-state index is 0.139. The Bertz CT molecular complexity index is 1020. The lowest BCUT2D eigenvalue weighted by Gasteiger charge is -2.31. The van der Waals surface area contributed by atoms with Crippen LogP contribution in [0.1, 0.15) is 40.0 Å². The molecule has 1 fully saturated rings. The topological polar surface area (TPSA) is 75.0 Å². The van der Waals surface area contributed by atoms with Gasteiger partial charge in [0, 0.05) is 57.4 Å². The van der Waals surface area contributed by atoms with Crippen molar-refractivity contribution in [3.63, 3.8) is 0 Å². The van der Waals surface area contributed by atoms with Crippen molar-refractivity contribution in [2.45, 2.75) is 45.4 Å². The number of hydrogen-bond donors (Lipinski definition) is 1. The SMILES string of the molecule is COc1cc(=O)n2c(c1C(=O)N1CCC[C@H](O)C1)CCN(Cc1ccccc1C)CC2. The summed E-state index contributed by atoms with van der Waals surface area (Å²) in [5.41, 5.74) is 3.59. The van der Waals surface area contributed by atoms with E-state index in [1.807, 2.05) is 12.1 Å². The second-order valence-corrected chi connectivity index (χ2v) is 8.52. The second-order valence-electron chi connectivity index (χ2n) is 8.52. The van der Waals surface area contributed by atoms with Crippen LogP contribution in [0.3, 0.4) is 0 Å². The van der Waals surface area contributed by atoms with Crippen LogP contribution < -0.4 is 10.3 Å². The van der Waals surface area contributed by atoms with E-state index >= 15 is 0 Å². The molecule has 2 aliphatic heterocycles. The average Bonchev–Trinajstić information content (AvgIpc) is 2.98. The number of carbonyl (C=O) groups excluding carboxylic acids is 1. The molecule has 166 valence electrons. The Balaban J connectivity index is 1.64. The van der Waals surface area contributed by atoms with E-state index < -0.39 is 6.10 Å². The van der Waals surface area contributed by atoms with Crippen molar-refractivity contribution in [1.29, 1.82) is 0 Å². The van der Waals surface area contributed by atoms with Gasteiger partial charge < -0.3 is 19.3 Å². The molecule has 1 N–H and O–H groups in total. The molecule has 0 saturated carbocycles. The molecular weight excluding hydrogens is 394 g/mol. The van der Waals surface area contributed by atoms with Gasteiger partial charge in [-0.25, -0.2) is 0 Å². The fourth-order valence-corrected chi connectivity index (χ4v) is 4.67. The Labute approximate surface area is 182 Å². The maximum Gasteiger partial charge on any atom is 0.259 e. The number of aromatic nitrogens is 1. The van der Waals surface area contributed by atoms with Crippen LogP contribution in [0.4, 0.5) is 0 Å². The highest BCUT2D eigenvalue weighted by Gasteiger charge is 2.30. The first-order valence-electron chi connectivity index (χ1n) is 11.0. The van der Waals surface area contributed by atoms with Gasteiger partial charge >= 0.3 is 0 Å². The van der Waals surface area contributed by atoms with E-state index in [9.17, 15) is 14.7 Å². The van der Waals surface area contributed by atoms with Crippen molar-refractivity contribution in [2.75, 3.05) is 33.3 Å². The fourth-order valence-electron chi connectivity index (χ4n) is 4.67. The third-order valence-electron chi connectivity index (χ3n) is 6.46. The lowest BCUT2D eigenvalue weighted by molar-refractivity contribution is 0.0469. The number of β-amino-alcohol motifs (C(OH)–C–C–N with tert-alkyl or cyclic N) is 1. The quantitative estimate of drug-likeness (QED) is 0.809. The van der Waals surface area contributed by atoms with E-state index in [4.69, 9.17) is 4.74 Å². The number of hydrogen-bond acceptors (Lipinski definition) is 5. The summed E-state index contributed by atoms with van der Waals surface area (Å²) in [7, 11) is 1.49. The van der Waals surface area contributed by atoms with Crippen LogP contribution in [0.5, 0.6) is 5.75 Å². The second kappa shape index (κ2) is 9.24. The van der Waals surface area contributed by atoms with Gasteiger partial charge in [-0.05, 0) is 30.9 Å². The molecule has 1 aromatic carbocycles. The molecule has 31 heavy (non-hydrogen) atoms. The Morgan fingerprint density at radius 3 is 2.74 bits per heavy atom. The first kappa shape index (κ1) is 21.6. The number of fused-ring (bicyclic) bond motifs is 1. The number of methoxy groups -OCH3 is 1. The summed E-state index contributed by atoms with van der Waals surface area (Å²) >= 11 is 0. The van der Waals surface area contributed by atoms with Gasteiger partial charge in [0.1, 0.15) is 11.3 Å². The largest absolute Gasteiger partial charge is 0.496 e. The molecule has 0 aliphatic carbocycles. The molecule has 1 aromatic heterocycles. The van der Waals surface area contributed by atoms with Crippen molar-refractivity contribution < 1.29 is 14.6 Å². The van der Waals surface area contributed by atoms with Gasteiger partial charge in [0.2, 0.25) is 0 Å². The van der Waals surface area contributed by atoms with Gasteiger partial charge in [0.05, 0.1) is 13.2 Å². The molecule has 7 nitrogen and oxygen atoms in total. The first-order valence-corrected chi connectivity index (χ1v) is 11.0. The minimum Gasteiger partial charge on any atom is -0.496 e. The monoisotopic (exact) mass is 425 g/mol. The van der Waals surface area contributed by atoms with Gasteiger partial charge in [-0.3, -0.25) is 14.5 Å². The highest BCUT2D eigenvalue weighted by atomic mass is 16.5. The number of ether oxygens (including phenoxy) is 1. The van der Waals surface area contributed by atoms with Crippen molar-refractivity contribution >= 4 is 5.91 Å². The zero-order valence-corrected chi connectivity index (χ0v) is 18.3. The van der Waals surface area contributed by atoms with Crippen LogP contribution in [-0.4, -0.2) is 64.8 Å². The molecule has 3 heterocycles. The number of amides is 1. The summed E-state index contributed by atoms with van der Waals surface area (Å²) in [6.07, 6.45) is 1.57. The lowest BCUT2D eigenvalue weighted by atomic mass is 10.0. The van der Waals surface area contributed by atoms with Gasteiger partial charge in [-0.1, -0.05) is 24.3 Å². The molecular formula is C24H31N3O4. The number of carbonyl (C=O) groups is 1. The number of aryl methyl sites for hydroxylation is 1. The smallest absolute Gasteiger partial charge is 0.259 e. The van der Waals surface area contributed by atoms with Gasteiger partial charge in [-0.15, -0.1) is 0 Å². The van der Waals surface area contributed by atoms with Crippen LogP contribution in [0.25, 0.3) is 0 Å². The predicted octanol–water partition coefficient (Wildman–Crippen LogP) is 1.82. The van der Waals surface area contributed by atoms with Crippen LogP contribution in [0.2, 0.25) is 0 Å². The molecule has 4 rings (SSSR count). The van der Waals surface area contributed by atoms with E-state index in [1.54, 1.807) is 9.47 Å². The van der Waals surface area contributed by atoms with E-state index in [1.165, 1.54) is 24.3 Å². The number of pyridine rings is 1. The Hall–Kier alpha value is -2.64. The lowest BCUT2D eigenvalue weighted by Crippen LogP contribution is -2.43. The molecule has 0 radical (unpaired) electrons. The third kappa shape index (κ3) is 4.52. The van der Waals surface area contributed by atoms with Crippen LogP contribution in [-0.2, 0) is 19.5 Å². The number of piperidine rings is 1. The molecule has 1 amide bonds. The van der Waals surface area contributed by atoms with Crippen molar-refractivity contribution in [3.05, 3.63) is 63.1 Å². The fraction of sp³-hybridized carbons (Fsp3) is 0.500. The third-order valence-corrected chi connectivity index (χ3v) is 6.46. The normalized spacial score (nSPS) is 19.6. The average molecular weight is 426 g/mol. The van der Waals surface area contributed by atoms with Crippen molar-refractivity contribution in [3.8, 4) is 5.75 Å². The highest BCUT2D eigenvalue weighted by Crippen LogP contribution is 2.26.